The van der Waals surface area contributed by atoms with Crippen LogP contribution in [0.3, 0.4) is 0 Å². The zero-order valence-electron chi connectivity index (χ0n) is 6.07. The van der Waals surface area contributed by atoms with Crippen LogP contribution in [0.5, 0.6) is 0 Å². The Bertz CT molecular complexity index is 367. The van der Waals surface area contributed by atoms with Gasteiger partial charge >= 0.3 is 0 Å². The Labute approximate surface area is 73.6 Å². The van der Waals surface area contributed by atoms with Gasteiger partial charge in [0.2, 0.25) is 0 Å². The minimum Gasteiger partial charge on any atom is -0.200 e. The van der Waals surface area contributed by atoms with Crippen LogP contribution in [0.1, 0.15) is 0 Å². The van der Waals surface area contributed by atoms with E-state index in [1.54, 1.807) is 23.3 Å². The molecule has 1 aromatic carbocycles. The summed E-state index contributed by atoms with van der Waals surface area (Å²) in [5.74, 6) is 0. The first-order valence-corrected chi connectivity index (χ1v) is 5.28. The van der Waals surface area contributed by atoms with Gasteiger partial charge < -0.3 is 0 Å². The topological polar surface area (TPSA) is 12.9 Å². The van der Waals surface area contributed by atoms with Crippen molar-refractivity contribution in [1.29, 1.82) is 0 Å². The largest absolute Gasteiger partial charge is 0.200 e. The number of fused-ring (bicyclic) bond motifs is 1. The molecule has 0 radical (unpaired) electrons. The van der Waals surface area contributed by atoms with Crippen LogP contribution in [0, 0.1) is 0 Å². The highest BCUT2D eigenvalue weighted by atomic mass is 32.2. The van der Waals surface area contributed by atoms with Crippen molar-refractivity contribution in [2.45, 2.75) is 4.90 Å². The third-order valence-electron chi connectivity index (χ3n) is 1.56. The number of aromatic nitrogens is 1. The van der Waals surface area contributed by atoms with Crippen LogP contribution >= 0.6 is 23.3 Å². The first-order valence-electron chi connectivity index (χ1n) is 3.28. The van der Waals surface area contributed by atoms with Crippen molar-refractivity contribution in [3.05, 3.63) is 24.4 Å². The highest BCUT2D eigenvalue weighted by Gasteiger charge is 1.96. The van der Waals surface area contributed by atoms with Gasteiger partial charge in [-0.05, 0) is 29.9 Å². The second-order valence-electron chi connectivity index (χ2n) is 2.23. The van der Waals surface area contributed by atoms with Crippen molar-refractivity contribution in [1.82, 2.24) is 4.37 Å². The van der Waals surface area contributed by atoms with Gasteiger partial charge in [-0.15, -0.1) is 11.8 Å². The third kappa shape index (κ3) is 1.26. The van der Waals surface area contributed by atoms with Crippen molar-refractivity contribution in [3.63, 3.8) is 0 Å². The quantitative estimate of drug-likeness (QED) is 0.627. The van der Waals surface area contributed by atoms with Crippen LogP contribution in [0.25, 0.3) is 10.1 Å². The fourth-order valence-electron chi connectivity index (χ4n) is 0.967. The van der Waals surface area contributed by atoms with Gasteiger partial charge in [0.05, 0.1) is 4.70 Å². The van der Waals surface area contributed by atoms with E-state index in [2.05, 4.69) is 28.8 Å². The molecule has 0 fully saturated rings. The zero-order chi connectivity index (χ0) is 7.68. The van der Waals surface area contributed by atoms with Crippen molar-refractivity contribution >= 4 is 33.4 Å². The smallest absolute Gasteiger partial charge is 0.0561 e. The van der Waals surface area contributed by atoms with Crippen LogP contribution in [-0.4, -0.2) is 10.6 Å². The molecule has 1 nitrogen and oxygen atoms in total. The van der Waals surface area contributed by atoms with Gasteiger partial charge in [0.25, 0.3) is 0 Å². The number of hydrogen-bond donors (Lipinski definition) is 0. The van der Waals surface area contributed by atoms with Crippen molar-refractivity contribution in [2.75, 3.05) is 6.26 Å². The summed E-state index contributed by atoms with van der Waals surface area (Å²) in [4.78, 5) is 1.31. The highest BCUT2D eigenvalue weighted by Crippen LogP contribution is 2.23. The second kappa shape index (κ2) is 2.83. The van der Waals surface area contributed by atoms with Gasteiger partial charge in [-0.25, -0.2) is 0 Å². The summed E-state index contributed by atoms with van der Waals surface area (Å²) in [6.07, 6.45) is 3.99. The zero-order valence-corrected chi connectivity index (χ0v) is 7.71. The molecule has 0 amide bonds. The number of rotatable bonds is 1. The number of hydrogen-bond acceptors (Lipinski definition) is 3. The SMILES string of the molecule is CSc1ccc2cnsc2c1. The predicted octanol–water partition coefficient (Wildman–Crippen LogP) is 3.02. The molecule has 3 heteroatoms. The first kappa shape index (κ1) is 7.13. The second-order valence-corrected chi connectivity index (χ2v) is 3.94. The summed E-state index contributed by atoms with van der Waals surface area (Å²) in [6.45, 7) is 0. The van der Waals surface area contributed by atoms with Gasteiger partial charge in [-0.2, -0.15) is 4.37 Å². The summed E-state index contributed by atoms with van der Waals surface area (Å²) in [5, 5.41) is 1.24. The molecule has 0 aliphatic rings. The fourth-order valence-corrected chi connectivity index (χ4v) is 2.17. The van der Waals surface area contributed by atoms with Crippen molar-refractivity contribution in [2.24, 2.45) is 0 Å². The van der Waals surface area contributed by atoms with Gasteiger partial charge in [-0.3, -0.25) is 0 Å². The highest BCUT2D eigenvalue weighted by molar-refractivity contribution is 7.98. The molecular weight excluding hydrogens is 174 g/mol. The molecule has 11 heavy (non-hydrogen) atoms. The fraction of sp³-hybridized carbons (Fsp3) is 0.125. The molecular formula is C8H7NS2. The van der Waals surface area contributed by atoms with E-state index >= 15 is 0 Å². The van der Waals surface area contributed by atoms with Crippen molar-refractivity contribution in [3.8, 4) is 0 Å². The molecule has 0 aliphatic carbocycles. The minimum atomic E-state index is 1.24. The van der Waals surface area contributed by atoms with Crippen LogP contribution in [-0.2, 0) is 0 Å². The Balaban J connectivity index is 2.67. The molecule has 0 unspecified atom stereocenters. The van der Waals surface area contributed by atoms with Crippen LogP contribution in [0.4, 0.5) is 0 Å². The Morgan fingerprint density at radius 3 is 3.18 bits per heavy atom. The maximum atomic E-state index is 4.11. The van der Waals surface area contributed by atoms with E-state index < -0.39 is 0 Å². The molecule has 0 saturated carbocycles. The van der Waals surface area contributed by atoms with Crippen LogP contribution in [0.2, 0.25) is 0 Å². The molecule has 0 saturated heterocycles. The Kier molecular flexibility index (Phi) is 1.84. The first-order chi connectivity index (χ1) is 5.40. The monoisotopic (exact) mass is 181 g/mol. The minimum absolute atomic E-state index is 1.24. The lowest BCUT2D eigenvalue weighted by Gasteiger charge is -1.93. The molecule has 56 valence electrons. The lowest BCUT2D eigenvalue weighted by atomic mass is 10.3. The average molecular weight is 181 g/mol. The maximum absolute atomic E-state index is 4.11. The maximum Gasteiger partial charge on any atom is 0.0561 e. The molecule has 0 N–H and O–H groups in total. The Hall–Kier alpha value is -0.540. The summed E-state index contributed by atoms with van der Waals surface area (Å²) in [6, 6.07) is 6.42. The van der Waals surface area contributed by atoms with E-state index in [0.29, 0.717) is 0 Å². The molecule has 1 aromatic heterocycles. The number of benzene rings is 1. The van der Waals surface area contributed by atoms with Gasteiger partial charge in [-0.1, -0.05) is 6.07 Å². The average Bonchev–Trinajstić information content (AvgIpc) is 2.50. The number of thioether (sulfide) groups is 1. The van der Waals surface area contributed by atoms with Crippen molar-refractivity contribution < 1.29 is 0 Å². The lowest BCUT2D eigenvalue weighted by molar-refractivity contribution is 1.53. The molecule has 2 rings (SSSR count). The summed E-state index contributed by atoms with van der Waals surface area (Å²) in [5.41, 5.74) is 0. The molecule has 0 aliphatic heterocycles. The normalized spacial score (nSPS) is 10.6. The van der Waals surface area contributed by atoms with Gasteiger partial charge in [0.1, 0.15) is 0 Å². The standard InChI is InChI=1S/C8H7NS2/c1-10-7-3-2-6-5-9-11-8(6)4-7/h2-5H,1H3. The Morgan fingerprint density at radius 2 is 2.36 bits per heavy atom. The summed E-state index contributed by atoms with van der Waals surface area (Å²) < 4.78 is 5.38. The van der Waals surface area contributed by atoms with E-state index in [-0.39, 0.29) is 0 Å². The van der Waals surface area contributed by atoms with E-state index in [9.17, 15) is 0 Å². The van der Waals surface area contributed by atoms with Crippen LogP contribution < -0.4 is 0 Å². The predicted molar refractivity (Wildman–Crippen MR) is 51.4 cm³/mol. The Morgan fingerprint density at radius 1 is 1.45 bits per heavy atom. The van der Waals surface area contributed by atoms with E-state index in [1.165, 1.54) is 15.0 Å². The molecule has 0 bridgehead atoms. The van der Waals surface area contributed by atoms with E-state index in [4.69, 9.17) is 0 Å². The molecule has 1 heterocycles. The van der Waals surface area contributed by atoms with Crippen LogP contribution in [0.15, 0.2) is 29.3 Å². The lowest BCUT2D eigenvalue weighted by Crippen LogP contribution is -1.66. The molecule has 2 aromatic rings. The van der Waals surface area contributed by atoms with Gasteiger partial charge in [0.15, 0.2) is 0 Å². The number of nitrogens with zero attached hydrogens (tertiary/aromatic N) is 1. The molecule has 0 atom stereocenters. The van der Waals surface area contributed by atoms with Gasteiger partial charge in [0, 0.05) is 16.5 Å². The summed E-state index contributed by atoms with van der Waals surface area (Å²) in [7, 11) is 0. The summed E-state index contributed by atoms with van der Waals surface area (Å²) >= 11 is 3.32. The van der Waals surface area contributed by atoms with E-state index in [1.807, 2.05) is 6.20 Å². The third-order valence-corrected chi connectivity index (χ3v) is 3.05. The van der Waals surface area contributed by atoms with E-state index in [0.717, 1.165) is 0 Å². The molecule has 0 spiro atoms.